The summed E-state index contributed by atoms with van der Waals surface area (Å²) in [7, 11) is 0. The van der Waals surface area contributed by atoms with Crippen LogP contribution < -0.4 is 0 Å². The fourth-order valence-corrected chi connectivity index (χ4v) is 1.51. The van der Waals surface area contributed by atoms with E-state index in [0.717, 1.165) is 0 Å². The van der Waals surface area contributed by atoms with Crippen LogP contribution in [0.2, 0.25) is 0 Å². The van der Waals surface area contributed by atoms with E-state index in [9.17, 15) is 4.79 Å². The van der Waals surface area contributed by atoms with Crippen molar-refractivity contribution in [1.29, 1.82) is 0 Å². The lowest BCUT2D eigenvalue weighted by Gasteiger charge is -2.22. The van der Waals surface area contributed by atoms with Crippen molar-refractivity contribution in [1.82, 2.24) is 0 Å². The Labute approximate surface area is 104 Å². The fourth-order valence-electron chi connectivity index (χ4n) is 0.288. The topological polar surface area (TPSA) is 17.1 Å². The van der Waals surface area contributed by atoms with Gasteiger partial charge in [-0.3, -0.25) is 4.79 Å². The molecule has 0 aromatic carbocycles. The van der Waals surface area contributed by atoms with Gasteiger partial charge < -0.3 is 0 Å². The number of rotatable bonds is 2. The van der Waals surface area contributed by atoms with Crippen LogP contribution in [0.25, 0.3) is 0 Å². The maximum Gasteiger partial charge on any atom is 0.252 e. The molecule has 0 amide bonds. The summed E-state index contributed by atoms with van der Waals surface area (Å²) in [5, 5.41) is 0. The van der Waals surface area contributed by atoms with Gasteiger partial charge in [-0.1, -0.05) is 58.0 Å². The Balaban J connectivity index is 4.70. The third-order valence-electron chi connectivity index (χ3n) is 0.834. The highest BCUT2D eigenvalue weighted by molar-refractivity contribution is 6.82. The minimum atomic E-state index is -2.23. The Morgan fingerprint density at radius 3 is 1.42 bits per heavy atom. The number of Topliss-reactive ketones (excluding diaryl/α,β-unsaturated/α-hetero) is 1. The molecular weight excluding hydrogens is 312 g/mol. The molecule has 0 rings (SSSR count). The molecule has 0 bridgehead atoms. The number of carbonyl (C=O) groups is 1. The molecule has 0 aliphatic carbocycles. The standard InChI is InChI=1S/C4HCl7O/c5-2(6)3(7,8)1(12)4(9,10)11/h2H. The Morgan fingerprint density at radius 1 is 1.00 bits per heavy atom. The Morgan fingerprint density at radius 2 is 1.33 bits per heavy atom. The van der Waals surface area contributed by atoms with E-state index in [2.05, 4.69) is 0 Å². The molecule has 72 valence electrons. The first-order valence-electron chi connectivity index (χ1n) is 2.37. The summed E-state index contributed by atoms with van der Waals surface area (Å²) < 4.78 is -4.35. The van der Waals surface area contributed by atoms with E-state index in [1.165, 1.54) is 0 Å². The van der Waals surface area contributed by atoms with Crippen LogP contribution in [0.15, 0.2) is 0 Å². The summed E-state index contributed by atoms with van der Waals surface area (Å²) in [6, 6.07) is 0. The number of hydrogen-bond donors (Lipinski definition) is 0. The van der Waals surface area contributed by atoms with Gasteiger partial charge in [-0.25, -0.2) is 0 Å². The smallest absolute Gasteiger partial charge is 0.252 e. The zero-order valence-corrected chi connectivity index (χ0v) is 10.4. The normalized spacial score (nSPS) is 13.7. The van der Waals surface area contributed by atoms with Gasteiger partial charge in [0.05, 0.1) is 0 Å². The lowest BCUT2D eigenvalue weighted by molar-refractivity contribution is -0.118. The highest BCUT2D eigenvalue weighted by Gasteiger charge is 2.50. The molecule has 0 radical (unpaired) electrons. The van der Waals surface area contributed by atoms with Gasteiger partial charge in [-0.05, 0) is 0 Å². The van der Waals surface area contributed by atoms with E-state index in [4.69, 9.17) is 81.2 Å². The van der Waals surface area contributed by atoms with Gasteiger partial charge in [0.2, 0.25) is 10.1 Å². The molecule has 0 aliphatic rings. The summed E-state index contributed by atoms with van der Waals surface area (Å²) >= 11 is 37.0. The van der Waals surface area contributed by atoms with Crippen molar-refractivity contribution in [2.45, 2.75) is 13.0 Å². The van der Waals surface area contributed by atoms with E-state index in [1.807, 2.05) is 0 Å². The molecule has 0 heterocycles. The van der Waals surface area contributed by atoms with E-state index < -0.39 is 18.7 Å². The van der Waals surface area contributed by atoms with Gasteiger partial charge in [0.25, 0.3) is 3.79 Å². The van der Waals surface area contributed by atoms with Crippen LogP contribution in [0.3, 0.4) is 0 Å². The average Bonchev–Trinajstić information content (AvgIpc) is 1.83. The van der Waals surface area contributed by atoms with Gasteiger partial charge in [0.15, 0.2) is 0 Å². The van der Waals surface area contributed by atoms with Crippen LogP contribution in [0, 0.1) is 0 Å². The van der Waals surface area contributed by atoms with Gasteiger partial charge in [-0.15, -0.1) is 23.2 Å². The van der Waals surface area contributed by atoms with Crippen LogP contribution in [0.5, 0.6) is 0 Å². The van der Waals surface area contributed by atoms with Crippen molar-refractivity contribution in [2.24, 2.45) is 0 Å². The Hall–Kier alpha value is 1.70. The third kappa shape index (κ3) is 3.45. The van der Waals surface area contributed by atoms with Crippen molar-refractivity contribution < 1.29 is 4.79 Å². The molecule has 0 saturated heterocycles. The lowest BCUT2D eigenvalue weighted by Crippen LogP contribution is -2.41. The second kappa shape index (κ2) is 4.48. The highest BCUT2D eigenvalue weighted by Crippen LogP contribution is 2.41. The first-order valence-corrected chi connectivity index (χ1v) is 5.14. The molecule has 0 aromatic heterocycles. The predicted octanol–water partition coefficient (Wildman–Crippen LogP) is 3.90. The monoisotopic (exact) mass is 310 g/mol. The van der Waals surface area contributed by atoms with Crippen molar-refractivity contribution in [3.05, 3.63) is 0 Å². The number of alkyl halides is 7. The van der Waals surface area contributed by atoms with Gasteiger partial charge >= 0.3 is 0 Å². The molecule has 0 unspecified atom stereocenters. The number of halogens is 7. The number of hydrogen-bond acceptors (Lipinski definition) is 1. The first kappa shape index (κ1) is 13.7. The maximum atomic E-state index is 11.1. The number of carbonyl (C=O) groups excluding carboxylic acids is 1. The molecule has 8 heteroatoms. The van der Waals surface area contributed by atoms with Crippen molar-refractivity contribution >= 4 is 87.0 Å². The summed E-state index contributed by atoms with van der Waals surface area (Å²) in [6.07, 6.45) is 0. The summed E-state index contributed by atoms with van der Waals surface area (Å²) in [5.74, 6) is -1.08. The van der Waals surface area contributed by atoms with Crippen molar-refractivity contribution in [3.8, 4) is 0 Å². The zero-order chi connectivity index (χ0) is 10.2. The zero-order valence-electron chi connectivity index (χ0n) is 5.13. The predicted molar refractivity (Wildman–Crippen MR) is 55.2 cm³/mol. The molecule has 0 N–H and O–H groups in total. The fraction of sp³-hybridized carbons (Fsp3) is 0.750. The van der Waals surface area contributed by atoms with E-state index in [-0.39, 0.29) is 0 Å². The van der Waals surface area contributed by atoms with Gasteiger partial charge in [-0.2, -0.15) is 0 Å². The Bertz CT molecular complexity index is 180. The van der Waals surface area contributed by atoms with E-state index >= 15 is 0 Å². The van der Waals surface area contributed by atoms with Crippen molar-refractivity contribution in [3.63, 3.8) is 0 Å². The average molecular weight is 313 g/mol. The minimum Gasteiger partial charge on any atom is -0.291 e. The molecule has 0 fully saturated rings. The molecular formula is C4HCl7O. The van der Waals surface area contributed by atoms with Crippen LogP contribution in [-0.2, 0) is 4.79 Å². The molecule has 1 nitrogen and oxygen atoms in total. The molecule has 0 saturated carbocycles. The van der Waals surface area contributed by atoms with E-state index in [1.54, 1.807) is 0 Å². The largest absolute Gasteiger partial charge is 0.291 e. The van der Waals surface area contributed by atoms with Crippen molar-refractivity contribution in [2.75, 3.05) is 0 Å². The van der Waals surface area contributed by atoms with Gasteiger partial charge in [0.1, 0.15) is 4.84 Å². The maximum absolute atomic E-state index is 11.1. The SMILES string of the molecule is O=C(C(Cl)(Cl)Cl)C(Cl)(Cl)C(Cl)Cl. The van der Waals surface area contributed by atoms with Gasteiger partial charge in [0, 0.05) is 0 Å². The van der Waals surface area contributed by atoms with Crippen LogP contribution >= 0.6 is 81.2 Å². The molecule has 0 aliphatic heterocycles. The van der Waals surface area contributed by atoms with E-state index in [0.29, 0.717) is 0 Å². The summed E-state index contributed by atoms with van der Waals surface area (Å²) in [6.45, 7) is 0. The molecule has 0 aromatic rings. The minimum absolute atomic E-state index is 1.08. The third-order valence-corrected chi connectivity index (χ3v) is 3.23. The van der Waals surface area contributed by atoms with Crippen LogP contribution in [0.1, 0.15) is 0 Å². The quantitative estimate of drug-likeness (QED) is 0.707. The second-order valence-corrected chi connectivity index (χ2v) is 6.51. The lowest BCUT2D eigenvalue weighted by atomic mass is 10.3. The Kier molecular flexibility index (Phi) is 5.11. The summed E-state index contributed by atoms with van der Waals surface area (Å²) in [4.78, 5) is 9.73. The second-order valence-electron chi connectivity index (χ2n) is 1.75. The van der Waals surface area contributed by atoms with Crippen LogP contribution in [-0.4, -0.2) is 18.7 Å². The highest BCUT2D eigenvalue weighted by atomic mass is 35.6. The molecule has 0 spiro atoms. The molecule has 12 heavy (non-hydrogen) atoms. The first-order chi connectivity index (χ1) is 5.10. The van der Waals surface area contributed by atoms with Crippen LogP contribution in [0.4, 0.5) is 0 Å². The number of ketones is 1. The summed E-state index contributed by atoms with van der Waals surface area (Å²) in [5.41, 5.74) is 0. The molecule has 0 atom stereocenters.